The second kappa shape index (κ2) is 7.43. The highest BCUT2D eigenvalue weighted by Gasteiger charge is 2.26. The predicted molar refractivity (Wildman–Crippen MR) is 73.1 cm³/mol. The van der Waals surface area contributed by atoms with E-state index in [0.29, 0.717) is 25.0 Å². The summed E-state index contributed by atoms with van der Waals surface area (Å²) in [6, 6.07) is 0.438. The molecule has 1 atom stereocenters. The molecule has 1 aliphatic rings. The Morgan fingerprint density at radius 2 is 2.00 bits per heavy atom. The van der Waals surface area contributed by atoms with Gasteiger partial charge in [0.15, 0.2) is 0 Å². The molecule has 0 saturated carbocycles. The van der Waals surface area contributed by atoms with E-state index in [2.05, 4.69) is 12.2 Å². The summed E-state index contributed by atoms with van der Waals surface area (Å²) >= 11 is 0. The molecule has 18 heavy (non-hydrogen) atoms. The molecule has 0 aliphatic carbocycles. The number of piperidine rings is 1. The maximum Gasteiger partial charge on any atom is 0.213 e. The zero-order valence-electron chi connectivity index (χ0n) is 11.7. The van der Waals surface area contributed by atoms with E-state index in [1.54, 1.807) is 18.3 Å². The lowest BCUT2D eigenvalue weighted by Gasteiger charge is -2.32. The fourth-order valence-corrected chi connectivity index (χ4v) is 3.36. The Morgan fingerprint density at radius 3 is 2.50 bits per heavy atom. The van der Waals surface area contributed by atoms with Crippen molar-refractivity contribution in [1.82, 2.24) is 9.62 Å². The van der Waals surface area contributed by atoms with Crippen LogP contribution in [0.5, 0.6) is 0 Å². The summed E-state index contributed by atoms with van der Waals surface area (Å²) in [5.74, 6) is 0.697. The highest BCUT2D eigenvalue weighted by molar-refractivity contribution is 7.89. The minimum atomic E-state index is -3.00. The molecular formula is C12H26N2O3S. The van der Waals surface area contributed by atoms with Crippen LogP contribution in [-0.4, -0.2) is 57.9 Å². The van der Waals surface area contributed by atoms with E-state index in [0.717, 1.165) is 26.0 Å². The molecule has 0 amide bonds. The van der Waals surface area contributed by atoms with E-state index in [4.69, 9.17) is 4.74 Å². The number of nitrogens with one attached hydrogen (secondary N) is 1. The van der Waals surface area contributed by atoms with Crippen LogP contribution in [0.1, 0.15) is 26.7 Å². The number of rotatable bonds is 7. The van der Waals surface area contributed by atoms with Crippen molar-refractivity contribution in [3.63, 3.8) is 0 Å². The topological polar surface area (TPSA) is 58.6 Å². The van der Waals surface area contributed by atoms with Gasteiger partial charge >= 0.3 is 0 Å². The molecular weight excluding hydrogens is 252 g/mol. The van der Waals surface area contributed by atoms with Crippen molar-refractivity contribution >= 4 is 10.0 Å². The van der Waals surface area contributed by atoms with Crippen molar-refractivity contribution in [1.29, 1.82) is 0 Å². The third kappa shape index (κ3) is 4.84. The number of sulfonamides is 1. The average molecular weight is 278 g/mol. The highest BCUT2D eigenvalue weighted by Crippen LogP contribution is 2.14. The molecule has 108 valence electrons. The molecule has 0 radical (unpaired) electrons. The van der Waals surface area contributed by atoms with E-state index in [9.17, 15) is 8.42 Å². The lowest BCUT2D eigenvalue weighted by molar-refractivity contribution is 0.154. The van der Waals surface area contributed by atoms with Gasteiger partial charge in [-0.1, -0.05) is 6.92 Å². The highest BCUT2D eigenvalue weighted by atomic mass is 32.2. The van der Waals surface area contributed by atoms with Gasteiger partial charge in [0.05, 0.1) is 5.75 Å². The first-order valence-electron chi connectivity index (χ1n) is 6.69. The largest absolute Gasteiger partial charge is 0.384 e. The molecule has 0 spiro atoms. The van der Waals surface area contributed by atoms with Crippen LogP contribution in [0.4, 0.5) is 0 Å². The Bertz CT molecular complexity index is 324. The predicted octanol–water partition coefficient (Wildman–Crippen LogP) is 0.673. The Kier molecular flexibility index (Phi) is 6.55. The van der Waals surface area contributed by atoms with E-state index in [1.165, 1.54) is 0 Å². The van der Waals surface area contributed by atoms with Crippen molar-refractivity contribution in [2.24, 2.45) is 5.92 Å². The van der Waals surface area contributed by atoms with Crippen molar-refractivity contribution in [2.45, 2.75) is 32.7 Å². The third-order valence-electron chi connectivity index (χ3n) is 3.42. The summed E-state index contributed by atoms with van der Waals surface area (Å²) in [5.41, 5.74) is 0. The van der Waals surface area contributed by atoms with Gasteiger partial charge in [-0.3, -0.25) is 0 Å². The van der Waals surface area contributed by atoms with Gasteiger partial charge in [0.2, 0.25) is 10.0 Å². The minimum absolute atomic E-state index is 0.204. The van der Waals surface area contributed by atoms with Gasteiger partial charge in [0.25, 0.3) is 0 Å². The van der Waals surface area contributed by atoms with Gasteiger partial charge < -0.3 is 10.1 Å². The summed E-state index contributed by atoms with van der Waals surface area (Å²) in [6.45, 7) is 6.83. The first kappa shape index (κ1) is 15.9. The molecule has 5 nitrogen and oxygen atoms in total. The Hall–Kier alpha value is -0.170. The lowest BCUT2D eigenvalue weighted by Crippen LogP contribution is -2.46. The van der Waals surface area contributed by atoms with Crippen molar-refractivity contribution < 1.29 is 13.2 Å². The van der Waals surface area contributed by atoms with Gasteiger partial charge in [0, 0.05) is 39.4 Å². The first-order chi connectivity index (χ1) is 8.49. The van der Waals surface area contributed by atoms with Gasteiger partial charge in [-0.2, -0.15) is 0 Å². The third-order valence-corrected chi connectivity index (χ3v) is 5.30. The van der Waals surface area contributed by atoms with Crippen molar-refractivity contribution in [2.75, 3.05) is 39.1 Å². The van der Waals surface area contributed by atoms with Crippen molar-refractivity contribution in [3.8, 4) is 0 Å². The van der Waals surface area contributed by atoms with E-state index in [-0.39, 0.29) is 5.75 Å². The van der Waals surface area contributed by atoms with Gasteiger partial charge in [-0.05, 0) is 25.7 Å². The van der Waals surface area contributed by atoms with Crippen LogP contribution in [0.3, 0.4) is 0 Å². The summed E-state index contributed by atoms with van der Waals surface area (Å²) in [6.07, 6.45) is 1.80. The maximum absolute atomic E-state index is 11.7. The van der Waals surface area contributed by atoms with Crippen LogP contribution in [0, 0.1) is 5.92 Å². The fraction of sp³-hybridized carbons (Fsp3) is 1.00. The quantitative estimate of drug-likeness (QED) is 0.744. The molecule has 1 rings (SSSR count). The smallest absolute Gasteiger partial charge is 0.213 e. The van der Waals surface area contributed by atoms with E-state index in [1.807, 2.05) is 0 Å². The number of ether oxygens (including phenoxy) is 1. The van der Waals surface area contributed by atoms with Crippen LogP contribution < -0.4 is 5.32 Å². The lowest BCUT2D eigenvalue weighted by atomic mass is 10.1. The second-order valence-corrected chi connectivity index (χ2v) is 7.30. The molecule has 0 bridgehead atoms. The first-order valence-corrected chi connectivity index (χ1v) is 8.30. The molecule has 0 aromatic rings. The van der Waals surface area contributed by atoms with Gasteiger partial charge in [-0.25, -0.2) is 12.7 Å². The summed E-state index contributed by atoms with van der Waals surface area (Å²) in [5, 5.41) is 3.49. The molecule has 1 N–H and O–H groups in total. The zero-order valence-corrected chi connectivity index (χ0v) is 12.5. The van der Waals surface area contributed by atoms with E-state index < -0.39 is 10.0 Å². The Morgan fingerprint density at radius 1 is 1.39 bits per heavy atom. The standard InChI is InChI=1S/C12H26N2O3S/c1-4-18(15,16)14-7-5-12(6-8-14)13-9-11(2)10-17-3/h11-13H,4-10H2,1-3H3. The molecule has 0 aromatic heterocycles. The molecule has 1 saturated heterocycles. The van der Waals surface area contributed by atoms with E-state index >= 15 is 0 Å². The normalized spacial score (nSPS) is 21.1. The molecule has 6 heteroatoms. The van der Waals surface area contributed by atoms with Crippen LogP contribution in [-0.2, 0) is 14.8 Å². The average Bonchev–Trinajstić information content (AvgIpc) is 2.37. The van der Waals surface area contributed by atoms with Crippen LogP contribution in [0.2, 0.25) is 0 Å². The molecule has 0 aromatic carbocycles. The molecule has 1 heterocycles. The second-order valence-electron chi connectivity index (χ2n) is 5.04. The van der Waals surface area contributed by atoms with Crippen LogP contribution in [0.25, 0.3) is 0 Å². The Labute approximate surface area is 111 Å². The zero-order chi connectivity index (χ0) is 13.6. The minimum Gasteiger partial charge on any atom is -0.384 e. The monoisotopic (exact) mass is 278 g/mol. The maximum atomic E-state index is 11.7. The van der Waals surface area contributed by atoms with Crippen molar-refractivity contribution in [3.05, 3.63) is 0 Å². The number of methoxy groups -OCH3 is 1. The molecule has 1 unspecified atom stereocenters. The molecule has 1 aliphatic heterocycles. The SMILES string of the molecule is CCS(=O)(=O)N1CCC(NCC(C)COC)CC1. The van der Waals surface area contributed by atoms with Crippen LogP contribution >= 0.6 is 0 Å². The Balaban J connectivity index is 2.27. The number of hydrogen-bond donors (Lipinski definition) is 1. The molecule has 1 fully saturated rings. The fourth-order valence-electron chi connectivity index (χ4n) is 2.23. The van der Waals surface area contributed by atoms with Crippen LogP contribution in [0.15, 0.2) is 0 Å². The summed E-state index contributed by atoms with van der Waals surface area (Å²) in [4.78, 5) is 0. The number of hydrogen-bond acceptors (Lipinski definition) is 4. The summed E-state index contributed by atoms with van der Waals surface area (Å²) < 4.78 is 30.1. The van der Waals surface area contributed by atoms with Gasteiger partial charge in [0.1, 0.15) is 0 Å². The summed E-state index contributed by atoms with van der Waals surface area (Å²) in [7, 11) is -1.29. The van der Waals surface area contributed by atoms with Gasteiger partial charge in [-0.15, -0.1) is 0 Å². The number of nitrogens with zero attached hydrogens (tertiary/aromatic N) is 1.